The average Bonchev–Trinajstić information content (AvgIpc) is 2.28. The van der Waals surface area contributed by atoms with Gasteiger partial charge in [-0.1, -0.05) is 74.8 Å². The van der Waals surface area contributed by atoms with Crippen LogP contribution in [0.15, 0.2) is 24.3 Å². The Balaban J connectivity index is 2.40. The Bertz CT molecular complexity index is 343. The summed E-state index contributed by atoms with van der Waals surface area (Å²) in [5, 5.41) is 0. The first kappa shape index (κ1) is 15.8. The average molecular weight is 311 g/mol. The second kappa shape index (κ2) is 6.75. The predicted molar refractivity (Wildman–Crippen MR) is 85.6 cm³/mol. The van der Waals surface area contributed by atoms with Crippen LogP contribution in [0.2, 0.25) is 0 Å². The van der Waals surface area contributed by atoms with Crippen LogP contribution in [0, 0.1) is 5.41 Å². The van der Waals surface area contributed by atoms with Crippen molar-refractivity contribution in [1.82, 2.24) is 0 Å². The maximum Gasteiger partial charge on any atom is 0.0194 e. The van der Waals surface area contributed by atoms with Crippen molar-refractivity contribution in [3.05, 3.63) is 35.4 Å². The van der Waals surface area contributed by atoms with Gasteiger partial charge >= 0.3 is 0 Å². The molecule has 1 atom stereocenters. The Labute approximate surface area is 121 Å². The molecule has 1 aromatic rings. The van der Waals surface area contributed by atoms with Crippen LogP contribution in [-0.2, 0) is 6.42 Å². The van der Waals surface area contributed by atoms with Gasteiger partial charge in [0, 0.05) is 4.83 Å². The van der Waals surface area contributed by atoms with E-state index in [-0.39, 0.29) is 0 Å². The normalized spacial score (nSPS) is 13.9. The molecule has 0 radical (unpaired) electrons. The van der Waals surface area contributed by atoms with Gasteiger partial charge in [0.1, 0.15) is 0 Å². The molecule has 0 aliphatic carbocycles. The van der Waals surface area contributed by atoms with Crippen LogP contribution in [0.1, 0.15) is 64.5 Å². The summed E-state index contributed by atoms with van der Waals surface area (Å²) in [6.07, 6.45) is 3.69. The van der Waals surface area contributed by atoms with Crippen molar-refractivity contribution in [2.75, 3.05) is 0 Å². The van der Waals surface area contributed by atoms with Crippen LogP contribution in [0.3, 0.4) is 0 Å². The van der Waals surface area contributed by atoms with Crippen molar-refractivity contribution >= 4 is 15.9 Å². The highest BCUT2D eigenvalue weighted by Crippen LogP contribution is 2.30. The largest absolute Gasteiger partial charge is 0.0885 e. The Hall–Kier alpha value is -0.300. The summed E-state index contributed by atoms with van der Waals surface area (Å²) in [7, 11) is 0. The maximum atomic E-state index is 3.80. The topological polar surface area (TPSA) is 0 Å². The molecule has 0 nitrogen and oxygen atoms in total. The number of hydrogen-bond acceptors (Lipinski definition) is 0. The lowest BCUT2D eigenvalue weighted by Gasteiger charge is -2.25. The fourth-order valence-corrected chi connectivity index (χ4v) is 2.31. The van der Waals surface area contributed by atoms with Crippen LogP contribution in [0.25, 0.3) is 0 Å². The van der Waals surface area contributed by atoms with Crippen LogP contribution in [-0.4, -0.2) is 4.83 Å². The third-order valence-corrected chi connectivity index (χ3v) is 5.34. The molecule has 0 fully saturated rings. The Kier molecular flexibility index (Phi) is 5.91. The van der Waals surface area contributed by atoms with Gasteiger partial charge in [-0.15, -0.1) is 0 Å². The molecule has 0 heterocycles. The lowest BCUT2D eigenvalue weighted by Crippen LogP contribution is -2.20. The van der Waals surface area contributed by atoms with Crippen LogP contribution in [0.5, 0.6) is 0 Å². The molecule has 102 valence electrons. The van der Waals surface area contributed by atoms with E-state index >= 15 is 0 Å². The first-order chi connectivity index (χ1) is 8.30. The zero-order valence-electron chi connectivity index (χ0n) is 12.5. The fraction of sp³-hybridized carbons (Fsp3) is 0.647. The van der Waals surface area contributed by atoms with E-state index in [1.165, 1.54) is 30.4 Å². The summed E-state index contributed by atoms with van der Waals surface area (Å²) in [6.45, 7) is 11.4. The summed E-state index contributed by atoms with van der Waals surface area (Å²) in [4.78, 5) is 0.611. The van der Waals surface area contributed by atoms with Crippen molar-refractivity contribution in [2.24, 2.45) is 5.41 Å². The molecule has 0 aliphatic heterocycles. The molecule has 0 N–H and O–H groups in total. The molecular formula is C17H27Br. The molecular weight excluding hydrogens is 284 g/mol. The summed E-state index contributed by atoms with van der Waals surface area (Å²) < 4.78 is 0. The predicted octanol–water partition coefficient (Wildman–Crippen LogP) is 5.94. The Morgan fingerprint density at radius 2 is 1.61 bits per heavy atom. The molecule has 0 spiro atoms. The van der Waals surface area contributed by atoms with E-state index in [1.807, 2.05) is 0 Å². The van der Waals surface area contributed by atoms with E-state index in [0.717, 1.165) is 0 Å². The molecule has 1 rings (SSSR count). The molecule has 0 saturated carbocycles. The van der Waals surface area contributed by atoms with E-state index in [0.29, 0.717) is 16.2 Å². The van der Waals surface area contributed by atoms with Crippen LogP contribution < -0.4 is 0 Å². The van der Waals surface area contributed by atoms with Gasteiger partial charge in [-0.05, 0) is 41.7 Å². The quantitative estimate of drug-likeness (QED) is 0.590. The lowest BCUT2D eigenvalue weighted by atomic mass is 9.89. The highest BCUT2D eigenvalue weighted by molar-refractivity contribution is 9.09. The van der Waals surface area contributed by atoms with Gasteiger partial charge in [0.2, 0.25) is 0 Å². The highest BCUT2D eigenvalue weighted by atomic mass is 79.9. The van der Waals surface area contributed by atoms with Crippen LogP contribution in [0.4, 0.5) is 0 Å². The van der Waals surface area contributed by atoms with E-state index in [9.17, 15) is 0 Å². The first-order valence-electron chi connectivity index (χ1n) is 7.03. The summed E-state index contributed by atoms with van der Waals surface area (Å²) in [5.41, 5.74) is 3.27. The van der Waals surface area contributed by atoms with Gasteiger partial charge in [0.15, 0.2) is 0 Å². The van der Waals surface area contributed by atoms with E-state index in [4.69, 9.17) is 0 Å². The van der Waals surface area contributed by atoms with Crippen molar-refractivity contribution in [1.29, 1.82) is 0 Å². The lowest BCUT2D eigenvalue weighted by molar-refractivity contribution is 0.380. The van der Waals surface area contributed by atoms with E-state index < -0.39 is 0 Å². The second-order valence-electron chi connectivity index (χ2n) is 6.62. The SMILES string of the molecule is CC(C)c1ccc(CCCC(Br)C(C)(C)C)cc1. The van der Waals surface area contributed by atoms with Crippen molar-refractivity contribution in [3.8, 4) is 0 Å². The van der Waals surface area contributed by atoms with Gasteiger partial charge in [-0.25, -0.2) is 0 Å². The minimum absolute atomic E-state index is 0.363. The third-order valence-electron chi connectivity index (χ3n) is 3.51. The Morgan fingerprint density at radius 1 is 1.06 bits per heavy atom. The summed E-state index contributed by atoms with van der Waals surface area (Å²) in [6, 6.07) is 9.12. The molecule has 0 bridgehead atoms. The maximum absolute atomic E-state index is 3.80. The molecule has 18 heavy (non-hydrogen) atoms. The minimum Gasteiger partial charge on any atom is -0.0885 e. The zero-order valence-corrected chi connectivity index (χ0v) is 14.0. The number of rotatable bonds is 5. The number of alkyl halides is 1. The fourth-order valence-electron chi connectivity index (χ4n) is 1.99. The van der Waals surface area contributed by atoms with Gasteiger partial charge in [-0.3, -0.25) is 0 Å². The standard InChI is InChI=1S/C17H27Br/c1-13(2)15-11-9-14(10-12-15)7-6-8-16(18)17(3,4)5/h9-13,16H,6-8H2,1-5H3. The molecule has 0 aromatic heterocycles. The molecule has 0 amide bonds. The number of halogens is 1. The first-order valence-corrected chi connectivity index (χ1v) is 7.95. The molecule has 0 saturated heterocycles. The van der Waals surface area contributed by atoms with E-state index in [1.54, 1.807) is 0 Å². The summed E-state index contributed by atoms with van der Waals surface area (Å²) in [5.74, 6) is 0.631. The van der Waals surface area contributed by atoms with Crippen molar-refractivity contribution < 1.29 is 0 Å². The van der Waals surface area contributed by atoms with Gasteiger partial charge in [0.25, 0.3) is 0 Å². The second-order valence-corrected chi connectivity index (χ2v) is 7.73. The smallest absolute Gasteiger partial charge is 0.0194 e. The monoisotopic (exact) mass is 310 g/mol. The van der Waals surface area contributed by atoms with E-state index in [2.05, 4.69) is 74.8 Å². The highest BCUT2D eigenvalue weighted by Gasteiger charge is 2.20. The van der Waals surface area contributed by atoms with Gasteiger partial charge in [0.05, 0.1) is 0 Å². The van der Waals surface area contributed by atoms with Gasteiger partial charge < -0.3 is 0 Å². The number of benzene rings is 1. The van der Waals surface area contributed by atoms with Crippen molar-refractivity contribution in [3.63, 3.8) is 0 Å². The number of hydrogen-bond donors (Lipinski definition) is 0. The number of aryl methyl sites for hydroxylation is 1. The molecule has 1 unspecified atom stereocenters. The molecule has 0 aliphatic rings. The molecule has 1 heteroatoms. The van der Waals surface area contributed by atoms with Crippen molar-refractivity contribution in [2.45, 2.75) is 64.6 Å². The minimum atomic E-state index is 0.363. The summed E-state index contributed by atoms with van der Waals surface area (Å²) >= 11 is 3.80. The molecule has 1 aromatic carbocycles. The Morgan fingerprint density at radius 3 is 2.06 bits per heavy atom. The van der Waals surface area contributed by atoms with Crippen LogP contribution >= 0.6 is 15.9 Å². The van der Waals surface area contributed by atoms with Gasteiger partial charge in [-0.2, -0.15) is 0 Å². The zero-order chi connectivity index (χ0) is 13.8. The third kappa shape index (κ3) is 5.14.